The van der Waals surface area contributed by atoms with Crippen LogP contribution in [0.25, 0.3) is 0 Å². The smallest absolute Gasteiger partial charge is 0.119 e. The van der Waals surface area contributed by atoms with Crippen molar-refractivity contribution in [1.29, 1.82) is 0 Å². The summed E-state index contributed by atoms with van der Waals surface area (Å²) in [6, 6.07) is 7.86. The third-order valence-electron chi connectivity index (χ3n) is 2.43. The molecule has 0 bridgehead atoms. The second kappa shape index (κ2) is 6.00. The van der Waals surface area contributed by atoms with Gasteiger partial charge in [0.05, 0.1) is 6.61 Å². The minimum atomic E-state index is -0.710. The number of rotatable bonds is 5. The summed E-state index contributed by atoms with van der Waals surface area (Å²) in [5.41, 5.74) is 1.28. The van der Waals surface area contributed by atoms with Gasteiger partial charge in [0.15, 0.2) is 0 Å². The fraction of sp³-hybridized carbons (Fsp3) is 0.538. The fourth-order valence-corrected chi connectivity index (χ4v) is 1.40. The van der Waals surface area contributed by atoms with Crippen molar-refractivity contribution in [3.05, 3.63) is 29.8 Å². The Morgan fingerprint density at radius 2 is 2.00 bits per heavy atom. The number of benzene rings is 1. The van der Waals surface area contributed by atoms with Gasteiger partial charge in [-0.25, -0.2) is 5.90 Å². The van der Waals surface area contributed by atoms with Gasteiger partial charge < -0.3 is 14.7 Å². The zero-order valence-electron chi connectivity index (χ0n) is 10.6. The number of hydrogen-bond acceptors (Lipinski definition) is 4. The molecule has 17 heavy (non-hydrogen) atoms. The summed E-state index contributed by atoms with van der Waals surface area (Å²) in [5.74, 6) is 5.61. The molecule has 96 valence electrons. The van der Waals surface area contributed by atoms with Crippen molar-refractivity contribution in [3.63, 3.8) is 0 Å². The summed E-state index contributed by atoms with van der Waals surface area (Å²) in [5, 5.41) is 9.41. The molecule has 0 aliphatic rings. The first kappa shape index (κ1) is 14.0. The molecule has 0 aliphatic heterocycles. The zero-order chi connectivity index (χ0) is 12.9. The first-order valence-corrected chi connectivity index (χ1v) is 5.66. The third-order valence-corrected chi connectivity index (χ3v) is 2.43. The Hall–Kier alpha value is -1.10. The predicted molar refractivity (Wildman–Crippen MR) is 66.8 cm³/mol. The Morgan fingerprint density at radius 3 is 2.59 bits per heavy atom. The second-order valence-corrected chi connectivity index (χ2v) is 5.08. The molecule has 1 aromatic carbocycles. The standard InChI is InChI=1S/C13H21NO3/c1-13(2,3)10-5-4-6-12(7-10)16-8-11(15)9-17-14/h4-7,11,15H,8-9,14H2,1-3H3. The van der Waals surface area contributed by atoms with Crippen molar-refractivity contribution in [2.45, 2.75) is 32.3 Å². The molecular weight excluding hydrogens is 218 g/mol. The van der Waals surface area contributed by atoms with Crippen LogP contribution in [-0.2, 0) is 10.3 Å². The van der Waals surface area contributed by atoms with Crippen molar-refractivity contribution in [2.75, 3.05) is 13.2 Å². The van der Waals surface area contributed by atoms with Crippen molar-refractivity contribution in [3.8, 4) is 5.75 Å². The number of hydrogen-bond donors (Lipinski definition) is 2. The molecule has 0 amide bonds. The van der Waals surface area contributed by atoms with E-state index in [1.807, 2.05) is 18.2 Å². The highest BCUT2D eigenvalue weighted by molar-refractivity contribution is 5.32. The molecule has 0 spiro atoms. The van der Waals surface area contributed by atoms with E-state index in [1.54, 1.807) is 0 Å². The molecular formula is C13H21NO3. The predicted octanol–water partition coefficient (Wildman–Crippen LogP) is 1.61. The van der Waals surface area contributed by atoms with Gasteiger partial charge in [0.2, 0.25) is 0 Å². The van der Waals surface area contributed by atoms with Gasteiger partial charge in [-0.2, -0.15) is 0 Å². The molecule has 0 radical (unpaired) electrons. The normalized spacial score (nSPS) is 13.5. The molecule has 0 heterocycles. The number of aliphatic hydroxyl groups excluding tert-OH is 1. The Labute approximate surface area is 102 Å². The summed E-state index contributed by atoms with van der Waals surface area (Å²) in [4.78, 5) is 4.34. The molecule has 4 nitrogen and oxygen atoms in total. The van der Waals surface area contributed by atoms with Gasteiger partial charge in [0.1, 0.15) is 18.5 Å². The van der Waals surface area contributed by atoms with Gasteiger partial charge in [-0.15, -0.1) is 0 Å². The van der Waals surface area contributed by atoms with Crippen LogP contribution < -0.4 is 10.6 Å². The Bertz CT molecular complexity index is 347. The van der Waals surface area contributed by atoms with Gasteiger partial charge in [0, 0.05) is 0 Å². The number of nitrogens with two attached hydrogens (primary N) is 1. The van der Waals surface area contributed by atoms with E-state index in [4.69, 9.17) is 10.6 Å². The highest BCUT2D eigenvalue weighted by Gasteiger charge is 2.14. The van der Waals surface area contributed by atoms with Crippen LogP contribution in [0, 0.1) is 0 Å². The first-order valence-electron chi connectivity index (χ1n) is 5.66. The third kappa shape index (κ3) is 4.73. The van der Waals surface area contributed by atoms with E-state index in [9.17, 15) is 5.11 Å². The molecule has 1 rings (SSSR count). The maximum absolute atomic E-state index is 9.41. The lowest BCUT2D eigenvalue weighted by Gasteiger charge is -2.20. The molecule has 4 heteroatoms. The summed E-state index contributed by atoms with van der Waals surface area (Å²) in [6.07, 6.45) is -0.710. The Balaban J connectivity index is 2.60. The van der Waals surface area contributed by atoms with Gasteiger partial charge in [-0.05, 0) is 23.1 Å². The molecule has 1 unspecified atom stereocenters. The van der Waals surface area contributed by atoms with Crippen LogP contribution in [-0.4, -0.2) is 24.4 Å². The maximum atomic E-state index is 9.41. The van der Waals surface area contributed by atoms with Gasteiger partial charge in [-0.1, -0.05) is 32.9 Å². The molecule has 0 fully saturated rings. The lowest BCUT2D eigenvalue weighted by molar-refractivity contribution is 0.0116. The van der Waals surface area contributed by atoms with Crippen LogP contribution in [0.4, 0.5) is 0 Å². The lowest BCUT2D eigenvalue weighted by Crippen LogP contribution is -2.25. The number of ether oxygens (including phenoxy) is 1. The first-order chi connectivity index (χ1) is 7.93. The van der Waals surface area contributed by atoms with Crippen LogP contribution >= 0.6 is 0 Å². The van der Waals surface area contributed by atoms with Gasteiger partial charge in [-0.3, -0.25) is 0 Å². The van der Waals surface area contributed by atoms with Crippen LogP contribution in [0.5, 0.6) is 5.75 Å². The SMILES string of the molecule is CC(C)(C)c1cccc(OCC(O)CON)c1. The van der Waals surface area contributed by atoms with Crippen molar-refractivity contribution in [2.24, 2.45) is 5.90 Å². The summed E-state index contributed by atoms with van der Waals surface area (Å²) < 4.78 is 5.47. The Kier molecular flexibility index (Phi) is 4.93. The average molecular weight is 239 g/mol. The van der Waals surface area contributed by atoms with Crippen LogP contribution in [0.2, 0.25) is 0 Å². The largest absolute Gasteiger partial charge is 0.491 e. The highest BCUT2D eigenvalue weighted by Crippen LogP contribution is 2.25. The zero-order valence-corrected chi connectivity index (χ0v) is 10.6. The molecule has 3 N–H and O–H groups in total. The number of aliphatic hydroxyl groups is 1. The minimum absolute atomic E-state index is 0.0684. The van der Waals surface area contributed by atoms with Crippen molar-refractivity contribution >= 4 is 0 Å². The van der Waals surface area contributed by atoms with Crippen molar-refractivity contribution in [1.82, 2.24) is 0 Å². The van der Waals surface area contributed by atoms with Gasteiger partial charge >= 0.3 is 0 Å². The molecule has 0 saturated heterocycles. The van der Waals surface area contributed by atoms with E-state index < -0.39 is 6.10 Å². The lowest BCUT2D eigenvalue weighted by atomic mass is 9.87. The maximum Gasteiger partial charge on any atom is 0.119 e. The second-order valence-electron chi connectivity index (χ2n) is 5.08. The quantitative estimate of drug-likeness (QED) is 0.766. The van der Waals surface area contributed by atoms with E-state index in [0.29, 0.717) is 0 Å². The molecule has 0 aliphatic carbocycles. The van der Waals surface area contributed by atoms with E-state index in [0.717, 1.165) is 5.75 Å². The van der Waals surface area contributed by atoms with Crippen LogP contribution in [0.15, 0.2) is 24.3 Å². The fourth-order valence-electron chi connectivity index (χ4n) is 1.40. The van der Waals surface area contributed by atoms with E-state index in [1.165, 1.54) is 5.56 Å². The highest BCUT2D eigenvalue weighted by atomic mass is 16.6. The minimum Gasteiger partial charge on any atom is -0.491 e. The van der Waals surface area contributed by atoms with Gasteiger partial charge in [0.25, 0.3) is 0 Å². The summed E-state index contributed by atoms with van der Waals surface area (Å²) in [6.45, 7) is 6.67. The molecule has 0 aromatic heterocycles. The van der Waals surface area contributed by atoms with E-state index in [2.05, 4.69) is 31.7 Å². The monoisotopic (exact) mass is 239 g/mol. The summed E-state index contributed by atoms with van der Waals surface area (Å²) in [7, 11) is 0. The van der Waals surface area contributed by atoms with Crippen LogP contribution in [0.3, 0.4) is 0 Å². The molecule has 1 aromatic rings. The Morgan fingerprint density at radius 1 is 1.29 bits per heavy atom. The van der Waals surface area contributed by atoms with E-state index in [-0.39, 0.29) is 18.6 Å². The van der Waals surface area contributed by atoms with Crippen LogP contribution in [0.1, 0.15) is 26.3 Å². The molecule has 1 atom stereocenters. The average Bonchev–Trinajstić information content (AvgIpc) is 2.26. The van der Waals surface area contributed by atoms with E-state index >= 15 is 0 Å². The van der Waals surface area contributed by atoms with Crippen molar-refractivity contribution < 1.29 is 14.7 Å². The summed E-state index contributed by atoms with van der Waals surface area (Å²) >= 11 is 0. The topological polar surface area (TPSA) is 64.7 Å². The molecule has 0 saturated carbocycles.